The van der Waals surface area contributed by atoms with Crippen LogP contribution in [0.25, 0.3) is 0 Å². The van der Waals surface area contributed by atoms with E-state index in [4.69, 9.17) is 22.6 Å². The van der Waals surface area contributed by atoms with Crippen LogP contribution in [-0.4, -0.2) is 30.8 Å². The summed E-state index contributed by atoms with van der Waals surface area (Å²) in [4.78, 5) is 3.91. The monoisotopic (exact) mass is 626 g/mol. The van der Waals surface area contributed by atoms with E-state index in [-0.39, 0.29) is 27.1 Å². The zero-order valence-corrected chi connectivity index (χ0v) is 29.9. The fourth-order valence-electron chi connectivity index (χ4n) is 2.88. The van der Waals surface area contributed by atoms with E-state index in [0.717, 1.165) is 22.8 Å². The summed E-state index contributed by atoms with van der Waals surface area (Å²) in [7, 11) is 0. The molecule has 0 bridgehead atoms. The Bertz CT molecular complexity index is 1120. The van der Waals surface area contributed by atoms with E-state index in [2.05, 4.69) is 114 Å². The van der Waals surface area contributed by atoms with Crippen LogP contribution in [0.3, 0.4) is 0 Å². The lowest BCUT2D eigenvalue weighted by molar-refractivity contribution is 0.320. The topological polar surface area (TPSA) is 143 Å². The fraction of sp³-hybridized carbons (Fsp3) is 0.588. The largest absolute Gasteiger partial charge is 0.364 e. The molecule has 0 aliphatic carbocycles. The first-order chi connectivity index (χ1) is 20.5. The van der Waals surface area contributed by atoms with E-state index in [1.807, 2.05) is 39.0 Å². The van der Waals surface area contributed by atoms with Crippen LogP contribution in [0.2, 0.25) is 0 Å². The van der Waals surface area contributed by atoms with Crippen molar-refractivity contribution in [2.75, 3.05) is 0 Å². The molecular weight excluding hydrogens is 572 g/mol. The van der Waals surface area contributed by atoms with Gasteiger partial charge in [0.25, 0.3) is 0 Å². The van der Waals surface area contributed by atoms with Crippen molar-refractivity contribution in [2.45, 2.75) is 131 Å². The molecular formula is C34H54N6O5. The van der Waals surface area contributed by atoms with Crippen molar-refractivity contribution >= 4 is 0 Å². The van der Waals surface area contributed by atoms with Gasteiger partial charge in [-0.1, -0.05) is 130 Å². The first kappa shape index (κ1) is 39.0. The minimum absolute atomic E-state index is 0.0174. The summed E-state index contributed by atoms with van der Waals surface area (Å²) in [5.74, 6) is 2.55. The number of rotatable bonds is 0. The number of hydrogen-bond donors (Lipinski definition) is 0. The predicted molar refractivity (Wildman–Crippen MR) is 174 cm³/mol. The van der Waals surface area contributed by atoms with Gasteiger partial charge >= 0.3 is 0 Å². The van der Waals surface area contributed by atoms with Gasteiger partial charge in [0.05, 0.1) is 24.3 Å². The molecule has 0 amide bonds. The van der Waals surface area contributed by atoms with Crippen molar-refractivity contribution in [3.8, 4) is 0 Å². The summed E-state index contributed by atoms with van der Waals surface area (Å²) in [5, 5.41) is 18.2. The molecule has 0 N–H and O–H groups in total. The lowest BCUT2D eigenvalue weighted by Crippen LogP contribution is -2.10. The van der Waals surface area contributed by atoms with Crippen LogP contribution in [0, 0.1) is 0 Å². The minimum atomic E-state index is -0.0174. The Morgan fingerprint density at radius 1 is 0.511 bits per heavy atom. The summed E-state index contributed by atoms with van der Waals surface area (Å²) in [6.07, 6.45) is 9.78. The highest BCUT2D eigenvalue weighted by atomic mass is 16.5. The predicted octanol–water partition coefficient (Wildman–Crippen LogP) is 9.26. The van der Waals surface area contributed by atoms with Crippen molar-refractivity contribution < 1.29 is 22.6 Å². The van der Waals surface area contributed by atoms with E-state index < -0.39 is 0 Å². The Balaban J connectivity index is 0.000000281. The average molecular weight is 627 g/mol. The summed E-state index contributed by atoms with van der Waals surface area (Å²) in [5.41, 5.74) is 2.60. The molecule has 0 aromatic carbocycles. The Morgan fingerprint density at radius 3 is 1.22 bits per heavy atom. The molecule has 5 aromatic rings. The van der Waals surface area contributed by atoms with Gasteiger partial charge < -0.3 is 22.6 Å². The van der Waals surface area contributed by atoms with Crippen LogP contribution < -0.4 is 0 Å². The molecule has 250 valence electrons. The maximum atomic E-state index is 4.95. The SMILES string of the molecule is CC(C)(C)c1ccno1.CC(C)(C)c1ccno1.CC(C)(C)c1ccon1.CC(C)(C)c1cnoc1.CC(C)(C)c1ncno1. The first-order valence-electron chi connectivity index (χ1n) is 14.9. The summed E-state index contributed by atoms with van der Waals surface area (Å²) < 4.78 is 24.1. The second-order valence-electron chi connectivity index (χ2n) is 15.5. The molecule has 0 aliphatic rings. The third kappa shape index (κ3) is 15.5. The Hall–Kier alpha value is -4.02. The third-order valence-corrected chi connectivity index (χ3v) is 5.86. The van der Waals surface area contributed by atoms with E-state index in [1.165, 1.54) is 6.33 Å². The molecule has 11 nitrogen and oxygen atoms in total. The van der Waals surface area contributed by atoms with Gasteiger partial charge in [-0.05, 0) is 5.41 Å². The normalized spacial score (nSPS) is 11.9. The van der Waals surface area contributed by atoms with Gasteiger partial charge in [-0.25, -0.2) is 0 Å². The third-order valence-electron chi connectivity index (χ3n) is 5.86. The summed E-state index contributed by atoms with van der Waals surface area (Å²) in [6.45, 7) is 31.3. The van der Waals surface area contributed by atoms with Crippen LogP contribution in [0.4, 0.5) is 0 Å². The summed E-state index contributed by atoms with van der Waals surface area (Å²) >= 11 is 0. The van der Waals surface area contributed by atoms with Gasteiger partial charge in [0, 0.05) is 45.4 Å². The molecule has 0 radical (unpaired) electrons. The molecule has 0 spiro atoms. The van der Waals surface area contributed by atoms with E-state index in [1.54, 1.807) is 31.1 Å². The molecule has 11 heteroatoms. The van der Waals surface area contributed by atoms with E-state index >= 15 is 0 Å². The molecule has 5 rings (SSSR count). The second kappa shape index (κ2) is 16.3. The zero-order valence-electron chi connectivity index (χ0n) is 29.9. The molecule has 5 heterocycles. The first-order valence-corrected chi connectivity index (χ1v) is 14.9. The number of aromatic nitrogens is 6. The van der Waals surface area contributed by atoms with Gasteiger partial charge in [-0.2, -0.15) is 4.98 Å². The van der Waals surface area contributed by atoms with Gasteiger partial charge in [-0.15, -0.1) is 0 Å². The van der Waals surface area contributed by atoms with E-state index in [9.17, 15) is 0 Å². The second-order valence-corrected chi connectivity index (χ2v) is 15.5. The number of hydrogen-bond acceptors (Lipinski definition) is 11. The highest BCUT2D eigenvalue weighted by Crippen LogP contribution is 2.22. The lowest BCUT2D eigenvalue weighted by atomic mass is 9.90. The standard InChI is InChI=1S/4C7H11NO.C6H10N2O/c1-7(2,3)6-4-8-9-5-6;1-7(2,3)6-4-5-9-8-6;2*1-7(2,3)6-4-5-8-9-6;1-6(2,3)5-7-4-8-9-5/h4*4-5H,1-3H3;4H,1-3H3. The molecule has 0 saturated heterocycles. The quantitative estimate of drug-likeness (QED) is 0.162. The van der Waals surface area contributed by atoms with Gasteiger partial charge in [0.1, 0.15) is 24.0 Å². The molecule has 0 atom stereocenters. The van der Waals surface area contributed by atoms with Gasteiger partial charge in [0.2, 0.25) is 5.89 Å². The fourth-order valence-corrected chi connectivity index (χ4v) is 2.88. The van der Waals surface area contributed by atoms with Crippen LogP contribution in [-0.2, 0) is 27.1 Å². The van der Waals surface area contributed by atoms with Gasteiger partial charge in [-0.3, -0.25) is 0 Å². The van der Waals surface area contributed by atoms with Crippen molar-refractivity contribution in [3.63, 3.8) is 0 Å². The zero-order chi connectivity index (χ0) is 34.5. The Morgan fingerprint density at radius 2 is 1.04 bits per heavy atom. The van der Waals surface area contributed by atoms with Crippen LogP contribution >= 0.6 is 0 Å². The van der Waals surface area contributed by atoms with E-state index in [0.29, 0.717) is 5.89 Å². The lowest BCUT2D eigenvalue weighted by Gasteiger charge is -2.13. The molecule has 45 heavy (non-hydrogen) atoms. The van der Waals surface area contributed by atoms with Crippen LogP contribution in [0.15, 0.2) is 78.3 Å². The highest BCUT2D eigenvalue weighted by Gasteiger charge is 2.19. The molecule has 5 aromatic heterocycles. The Labute approximate surface area is 268 Å². The smallest absolute Gasteiger partial charge is 0.231 e. The van der Waals surface area contributed by atoms with Crippen molar-refractivity contribution in [1.82, 2.24) is 30.8 Å². The maximum Gasteiger partial charge on any atom is 0.231 e. The minimum Gasteiger partial charge on any atom is -0.364 e. The van der Waals surface area contributed by atoms with Crippen molar-refractivity contribution in [1.29, 1.82) is 0 Å². The highest BCUT2D eigenvalue weighted by molar-refractivity contribution is 5.12. The average Bonchev–Trinajstić information content (AvgIpc) is 3.75. The van der Waals surface area contributed by atoms with Gasteiger partial charge in [0.15, 0.2) is 6.33 Å². The van der Waals surface area contributed by atoms with Crippen molar-refractivity contribution in [2.24, 2.45) is 0 Å². The number of nitrogens with zero attached hydrogens (tertiary/aromatic N) is 6. The Kier molecular flexibility index (Phi) is 14.2. The molecule has 0 unspecified atom stereocenters. The van der Waals surface area contributed by atoms with Crippen LogP contribution in [0.1, 0.15) is 133 Å². The maximum absolute atomic E-state index is 4.95. The molecule has 0 aliphatic heterocycles. The van der Waals surface area contributed by atoms with Crippen LogP contribution in [0.5, 0.6) is 0 Å². The molecule has 0 fully saturated rings. The molecule has 0 saturated carbocycles. The summed E-state index contributed by atoms with van der Waals surface area (Å²) in [6, 6.07) is 5.67. The van der Waals surface area contributed by atoms with Crippen molar-refractivity contribution in [3.05, 3.63) is 84.3 Å².